The maximum atomic E-state index is 13.4. The number of anilines is 1. The van der Waals surface area contributed by atoms with E-state index < -0.39 is 0 Å². The van der Waals surface area contributed by atoms with E-state index >= 15 is 0 Å². The first-order valence-electron chi connectivity index (χ1n) is 12.6. The molecule has 36 heavy (non-hydrogen) atoms. The zero-order valence-electron chi connectivity index (χ0n) is 21.4. The highest BCUT2D eigenvalue weighted by molar-refractivity contribution is 5.84. The van der Waals surface area contributed by atoms with E-state index in [1.807, 2.05) is 52.4 Å². The Morgan fingerprint density at radius 2 is 1.92 bits per heavy atom. The predicted molar refractivity (Wildman–Crippen MR) is 141 cm³/mol. The van der Waals surface area contributed by atoms with Crippen molar-refractivity contribution in [3.63, 3.8) is 0 Å². The minimum atomic E-state index is -0.242. The second-order valence-electron chi connectivity index (χ2n) is 9.62. The van der Waals surface area contributed by atoms with Gasteiger partial charge in [-0.05, 0) is 54.7 Å². The van der Waals surface area contributed by atoms with Crippen LogP contribution in [-0.4, -0.2) is 74.5 Å². The van der Waals surface area contributed by atoms with Crippen LogP contribution in [0, 0.1) is 17.2 Å². The van der Waals surface area contributed by atoms with Crippen molar-refractivity contribution in [2.75, 3.05) is 51.3 Å². The van der Waals surface area contributed by atoms with Gasteiger partial charge in [0, 0.05) is 32.7 Å². The van der Waals surface area contributed by atoms with E-state index in [0.717, 1.165) is 30.6 Å². The smallest absolute Gasteiger partial charge is 0.247 e. The van der Waals surface area contributed by atoms with Gasteiger partial charge in [0.1, 0.15) is 12.1 Å². The zero-order chi connectivity index (χ0) is 25.5. The molecule has 0 radical (unpaired) electrons. The third-order valence-corrected chi connectivity index (χ3v) is 6.58. The van der Waals surface area contributed by atoms with Crippen LogP contribution in [0.15, 0.2) is 47.6 Å². The van der Waals surface area contributed by atoms with Crippen molar-refractivity contribution in [1.82, 2.24) is 9.91 Å². The van der Waals surface area contributed by atoms with Gasteiger partial charge < -0.3 is 19.3 Å². The van der Waals surface area contributed by atoms with Crippen molar-refractivity contribution >= 4 is 17.8 Å². The fraction of sp³-hybridized carbons (Fsp3) is 0.464. The molecule has 2 heterocycles. The summed E-state index contributed by atoms with van der Waals surface area (Å²) < 4.78 is 11.3. The molecule has 8 nitrogen and oxygen atoms in total. The molecule has 0 aliphatic carbocycles. The summed E-state index contributed by atoms with van der Waals surface area (Å²) in [4.78, 5) is 17.5. The van der Waals surface area contributed by atoms with Crippen molar-refractivity contribution in [3.8, 4) is 17.6 Å². The number of piperazine rings is 1. The highest BCUT2D eigenvalue weighted by Gasteiger charge is 2.34. The topological polar surface area (TPSA) is 81.4 Å². The average molecular weight is 490 g/mol. The third-order valence-electron chi connectivity index (χ3n) is 6.58. The molecule has 2 fully saturated rings. The number of ether oxygens (including phenoxy) is 2. The van der Waals surface area contributed by atoms with Crippen molar-refractivity contribution < 1.29 is 14.3 Å². The van der Waals surface area contributed by atoms with Gasteiger partial charge in [-0.15, -0.1) is 0 Å². The summed E-state index contributed by atoms with van der Waals surface area (Å²) in [5.74, 6) is 1.93. The number of hydrogen-bond acceptors (Lipinski definition) is 7. The number of hydrogen-bond donors (Lipinski definition) is 0. The number of rotatable bonds is 8. The molecule has 190 valence electrons. The van der Waals surface area contributed by atoms with E-state index in [-0.39, 0.29) is 11.9 Å². The van der Waals surface area contributed by atoms with Gasteiger partial charge in [0.05, 0.1) is 31.2 Å². The molecule has 2 aromatic carbocycles. The molecule has 1 amide bonds. The molecule has 0 unspecified atom stereocenters. The quantitative estimate of drug-likeness (QED) is 0.526. The van der Waals surface area contributed by atoms with E-state index in [9.17, 15) is 10.1 Å². The first-order chi connectivity index (χ1) is 17.5. The second kappa shape index (κ2) is 11.8. The van der Waals surface area contributed by atoms with Gasteiger partial charge in [-0.25, -0.2) is 0 Å². The summed E-state index contributed by atoms with van der Waals surface area (Å²) in [6.07, 6.45) is 3.54. The maximum Gasteiger partial charge on any atom is 0.247 e. The summed E-state index contributed by atoms with van der Waals surface area (Å²) in [5, 5.41) is 16.0. The fourth-order valence-corrected chi connectivity index (χ4v) is 4.65. The molecule has 2 aromatic rings. The number of carbonyl (C=O) groups excluding carboxylic acids is 1. The van der Waals surface area contributed by atoms with Crippen LogP contribution >= 0.6 is 0 Å². The Hall–Kier alpha value is -3.73. The van der Waals surface area contributed by atoms with Crippen LogP contribution in [0.5, 0.6) is 11.5 Å². The van der Waals surface area contributed by atoms with Crippen LogP contribution in [0.3, 0.4) is 0 Å². The average Bonchev–Trinajstić information content (AvgIpc) is 3.39. The Labute approximate surface area is 213 Å². The Morgan fingerprint density at radius 3 is 2.64 bits per heavy atom. The predicted octanol–water partition coefficient (Wildman–Crippen LogP) is 3.75. The summed E-state index contributed by atoms with van der Waals surface area (Å²) in [5.41, 5.74) is 2.51. The van der Waals surface area contributed by atoms with Crippen molar-refractivity contribution in [3.05, 3.63) is 53.6 Å². The fourth-order valence-electron chi connectivity index (χ4n) is 4.65. The van der Waals surface area contributed by atoms with E-state index in [0.29, 0.717) is 55.8 Å². The lowest BCUT2D eigenvalue weighted by Gasteiger charge is -2.38. The molecule has 2 saturated heterocycles. The molecule has 0 bridgehead atoms. The molecule has 1 atom stereocenters. The van der Waals surface area contributed by atoms with Crippen LogP contribution in [0.2, 0.25) is 0 Å². The molecule has 2 aliphatic rings. The first-order valence-corrected chi connectivity index (χ1v) is 12.6. The molecule has 0 aromatic heterocycles. The van der Waals surface area contributed by atoms with E-state index in [2.05, 4.69) is 29.9 Å². The number of hydrazone groups is 1. The van der Waals surface area contributed by atoms with E-state index in [1.54, 1.807) is 13.3 Å². The summed E-state index contributed by atoms with van der Waals surface area (Å²) in [6.45, 7) is 8.28. The SMILES string of the molecule is COc1ccc(/C=N/N2CCC[C@H]2C(=O)N2CCN(c3ccccc3C#N)CC2)cc1OCC(C)C. The third kappa shape index (κ3) is 5.91. The number of benzene rings is 2. The van der Waals surface area contributed by atoms with Crippen LogP contribution in [0.4, 0.5) is 5.69 Å². The number of nitrogens with zero attached hydrogens (tertiary/aromatic N) is 5. The molecular formula is C28H35N5O3. The van der Waals surface area contributed by atoms with Crippen LogP contribution in [0.1, 0.15) is 37.8 Å². The van der Waals surface area contributed by atoms with Crippen molar-refractivity contribution in [2.24, 2.45) is 11.0 Å². The summed E-state index contributed by atoms with van der Waals surface area (Å²) >= 11 is 0. The largest absolute Gasteiger partial charge is 0.493 e. The van der Waals surface area contributed by atoms with E-state index in [1.165, 1.54) is 0 Å². The van der Waals surface area contributed by atoms with Crippen molar-refractivity contribution in [1.29, 1.82) is 5.26 Å². The number of para-hydroxylation sites is 1. The standard InChI is InChI=1S/C28H35N5O3/c1-21(2)20-36-27-17-22(10-11-26(27)35-3)19-30-33-12-6-9-25(33)28(34)32-15-13-31(14-16-32)24-8-5-4-7-23(24)18-29/h4-5,7-8,10-11,17,19,21,25H,6,9,12-16,20H2,1-3H3/b30-19+/t25-/m0/s1. The Kier molecular flexibility index (Phi) is 8.32. The minimum absolute atomic E-state index is 0.133. The van der Waals surface area contributed by atoms with Crippen LogP contribution < -0.4 is 14.4 Å². The second-order valence-corrected chi connectivity index (χ2v) is 9.62. The van der Waals surface area contributed by atoms with Gasteiger partial charge in [-0.3, -0.25) is 9.80 Å². The normalized spacial score (nSPS) is 18.1. The van der Waals surface area contributed by atoms with Gasteiger partial charge >= 0.3 is 0 Å². The number of amides is 1. The van der Waals surface area contributed by atoms with Crippen molar-refractivity contribution in [2.45, 2.75) is 32.7 Å². The van der Waals surface area contributed by atoms with E-state index in [4.69, 9.17) is 9.47 Å². The van der Waals surface area contributed by atoms with Gasteiger partial charge in [0.25, 0.3) is 0 Å². The number of methoxy groups -OCH3 is 1. The lowest BCUT2D eigenvalue weighted by Crippen LogP contribution is -2.53. The highest BCUT2D eigenvalue weighted by atomic mass is 16.5. The first kappa shape index (κ1) is 25.4. The molecule has 0 spiro atoms. The number of nitriles is 1. The lowest BCUT2D eigenvalue weighted by atomic mass is 10.1. The molecule has 0 N–H and O–H groups in total. The molecular weight excluding hydrogens is 454 g/mol. The Bertz CT molecular complexity index is 1120. The minimum Gasteiger partial charge on any atom is -0.493 e. The van der Waals surface area contributed by atoms with Crippen LogP contribution in [0.25, 0.3) is 0 Å². The Balaban J connectivity index is 1.38. The zero-order valence-corrected chi connectivity index (χ0v) is 21.4. The number of carbonyl (C=O) groups is 1. The van der Waals surface area contributed by atoms with Crippen LogP contribution in [-0.2, 0) is 4.79 Å². The molecule has 2 aliphatic heterocycles. The summed E-state index contributed by atoms with van der Waals surface area (Å²) in [6, 6.07) is 15.4. The maximum absolute atomic E-state index is 13.4. The van der Waals surface area contributed by atoms with Gasteiger partial charge in [-0.2, -0.15) is 10.4 Å². The molecule has 8 heteroatoms. The highest BCUT2D eigenvalue weighted by Crippen LogP contribution is 2.28. The molecule has 0 saturated carbocycles. The summed E-state index contributed by atoms with van der Waals surface area (Å²) in [7, 11) is 1.63. The van der Waals surface area contributed by atoms with Gasteiger partial charge in [-0.1, -0.05) is 26.0 Å². The monoisotopic (exact) mass is 489 g/mol. The van der Waals surface area contributed by atoms with Gasteiger partial charge in [0.2, 0.25) is 5.91 Å². The Morgan fingerprint density at radius 1 is 1.14 bits per heavy atom. The van der Waals surface area contributed by atoms with Gasteiger partial charge in [0.15, 0.2) is 11.5 Å². The molecule has 4 rings (SSSR count). The lowest BCUT2D eigenvalue weighted by molar-refractivity contribution is -0.136.